The smallest absolute Gasteiger partial charge is 0.266 e. The highest BCUT2D eigenvalue weighted by Crippen LogP contribution is 2.33. The van der Waals surface area contributed by atoms with E-state index >= 15 is 0 Å². The number of unbranched alkanes of at least 4 members (excludes halogenated alkanes) is 4. The molecule has 1 aromatic rings. The van der Waals surface area contributed by atoms with Crippen molar-refractivity contribution in [3.8, 4) is 5.75 Å². The maximum absolute atomic E-state index is 13.0. The Morgan fingerprint density at radius 1 is 1.03 bits per heavy atom. The maximum Gasteiger partial charge on any atom is 0.266 e. The van der Waals surface area contributed by atoms with Crippen LogP contribution in [0.5, 0.6) is 5.75 Å². The highest BCUT2D eigenvalue weighted by molar-refractivity contribution is 6.24. The highest BCUT2D eigenvalue weighted by atomic mass is 16.5. The average Bonchev–Trinajstić information content (AvgIpc) is 3.04. The molecule has 35 heavy (non-hydrogen) atoms. The van der Waals surface area contributed by atoms with Gasteiger partial charge >= 0.3 is 0 Å². The minimum atomic E-state index is -1.00. The largest absolute Gasteiger partial charge is 0.493 e. The quantitative estimate of drug-likeness (QED) is 0.356. The van der Waals surface area contributed by atoms with Gasteiger partial charge in [-0.2, -0.15) is 0 Å². The first-order valence-electron chi connectivity index (χ1n) is 12.2. The van der Waals surface area contributed by atoms with E-state index in [1.807, 2.05) is 20.8 Å². The van der Waals surface area contributed by atoms with Gasteiger partial charge in [-0.1, -0.05) is 25.3 Å². The Kier molecular flexibility index (Phi) is 8.77. The second-order valence-electron chi connectivity index (χ2n) is 9.93. The third-order valence-electron chi connectivity index (χ3n) is 5.95. The van der Waals surface area contributed by atoms with Crippen LogP contribution in [-0.4, -0.2) is 59.2 Å². The summed E-state index contributed by atoms with van der Waals surface area (Å²) in [5.74, 6) is -1.73. The van der Waals surface area contributed by atoms with Crippen LogP contribution in [0.3, 0.4) is 0 Å². The molecular formula is C26H34N2O7. The number of hydrogen-bond donors (Lipinski definition) is 1. The lowest BCUT2D eigenvalue weighted by Crippen LogP contribution is -2.54. The van der Waals surface area contributed by atoms with Gasteiger partial charge in [-0.3, -0.25) is 34.2 Å². The van der Waals surface area contributed by atoms with Crippen molar-refractivity contribution in [2.24, 2.45) is 0 Å². The molecule has 0 radical (unpaired) electrons. The van der Waals surface area contributed by atoms with E-state index in [1.165, 1.54) is 0 Å². The number of benzene rings is 1. The number of fused-ring (bicyclic) bond motifs is 1. The van der Waals surface area contributed by atoms with Gasteiger partial charge < -0.3 is 9.47 Å². The van der Waals surface area contributed by atoms with Gasteiger partial charge in [-0.15, -0.1) is 0 Å². The first-order valence-corrected chi connectivity index (χ1v) is 12.2. The Balaban J connectivity index is 1.42. The molecule has 1 atom stereocenters. The van der Waals surface area contributed by atoms with Gasteiger partial charge in [0.05, 0.1) is 23.3 Å². The van der Waals surface area contributed by atoms with E-state index < -0.39 is 29.7 Å². The molecule has 4 amide bonds. The first kappa shape index (κ1) is 26.5. The van der Waals surface area contributed by atoms with Crippen molar-refractivity contribution < 1.29 is 33.4 Å². The molecule has 1 aromatic carbocycles. The lowest BCUT2D eigenvalue weighted by atomic mass is 10.0. The SMILES string of the molecule is CC(C)(C)OCC(=O)CCCCCCCOc1cccc2c1C(=O)N(C1CCC(=O)NC1=O)C2=O. The van der Waals surface area contributed by atoms with Crippen LogP contribution in [0, 0.1) is 0 Å². The maximum atomic E-state index is 13.0. The van der Waals surface area contributed by atoms with E-state index in [0.717, 1.165) is 37.0 Å². The van der Waals surface area contributed by atoms with Crippen LogP contribution in [0.25, 0.3) is 0 Å². The molecular weight excluding hydrogens is 452 g/mol. The molecule has 9 heteroatoms. The Labute approximate surface area is 205 Å². The zero-order chi connectivity index (χ0) is 25.6. The monoisotopic (exact) mass is 486 g/mol. The molecule has 0 spiro atoms. The fourth-order valence-electron chi connectivity index (χ4n) is 4.11. The molecule has 1 N–H and O–H groups in total. The van der Waals surface area contributed by atoms with E-state index in [-0.39, 0.29) is 42.0 Å². The average molecular weight is 487 g/mol. The zero-order valence-corrected chi connectivity index (χ0v) is 20.7. The summed E-state index contributed by atoms with van der Waals surface area (Å²) in [6, 6.07) is 3.83. The van der Waals surface area contributed by atoms with E-state index in [9.17, 15) is 24.0 Å². The Morgan fingerprint density at radius 3 is 2.46 bits per heavy atom. The normalized spacial score (nSPS) is 18.0. The summed E-state index contributed by atoms with van der Waals surface area (Å²) in [6.07, 6.45) is 5.11. The summed E-state index contributed by atoms with van der Waals surface area (Å²) in [5.41, 5.74) is 0.0610. The molecule has 3 rings (SSSR count). The van der Waals surface area contributed by atoms with Crippen molar-refractivity contribution in [2.45, 2.75) is 83.8 Å². The second kappa shape index (κ2) is 11.6. The molecule has 1 fully saturated rings. The number of imide groups is 2. The van der Waals surface area contributed by atoms with Gasteiger partial charge in [0.1, 0.15) is 18.4 Å². The van der Waals surface area contributed by atoms with Gasteiger partial charge in [-0.05, 0) is 52.2 Å². The van der Waals surface area contributed by atoms with E-state index in [0.29, 0.717) is 18.8 Å². The van der Waals surface area contributed by atoms with Crippen LogP contribution >= 0.6 is 0 Å². The van der Waals surface area contributed by atoms with Crippen molar-refractivity contribution in [1.29, 1.82) is 0 Å². The third kappa shape index (κ3) is 6.97. The van der Waals surface area contributed by atoms with Gasteiger partial charge in [-0.25, -0.2) is 0 Å². The molecule has 0 aliphatic carbocycles. The Bertz CT molecular complexity index is 996. The summed E-state index contributed by atoms with van der Waals surface area (Å²) in [5, 5.41) is 2.19. The van der Waals surface area contributed by atoms with Crippen LogP contribution < -0.4 is 10.1 Å². The lowest BCUT2D eigenvalue weighted by molar-refractivity contribution is -0.136. The van der Waals surface area contributed by atoms with Crippen LogP contribution in [0.2, 0.25) is 0 Å². The van der Waals surface area contributed by atoms with Crippen LogP contribution in [0.4, 0.5) is 0 Å². The predicted molar refractivity (Wildman–Crippen MR) is 127 cm³/mol. The standard InChI is InChI=1S/C26H34N2O7/c1-26(2,3)35-16-17(29)10-7-5-4-6-8-15-34-20-12-9-11-18-22(20)25(33)28(24(18)32)19-13-14-21(30)27-23(19)31/h9,11-12,19H,4-8,10,13-16H2,1-3H3,(H,27,30,31). The first-order chi connectivity index (χ1) is 16.6. The third-order valence-corrected chi connectivity index (χ3v) is 5.95. The summed E-state index contributed by atoms with van der Waals surface area (Å²) in [6.45, 7) is 6.31. The molecule has 9 nitrogen and oxygen atoms in total. The molecule has 1 saturated heterocycles. The number of rotatable bonds is 12. The van der Waals surface area contributed by atoms with E-state index in [1.54, 1.807) is 18.2 Å². The molecule has 2 heterocycles. The second-order valence-corrected chi connectivity index (χ2v) is 9.93. The van der Waals surface area contributed by atoms with Crippen molar-refractivity contribution in [3.05, 3.63) is 29.3 Å². The van der Waals surface area contributed by atoms with Crippen molar-refractivity contribution in [1.82, 2.24) is 10.2 Å². The highest BCUT2D eigenvalue weighted by Gasteiger charge is 2.45. The number of hydrogen-bond acceptors (Lipinski definition) is 7. The summed E-state index contributed by atoms with van der Waals surface area (Å²) in [7, 11) is 0. The molecule has 2 aliphatic rings. The van der Waals surface area contributed by atoms with Gasteiger partial charge in [0.2, 0.25) is 11.8 Å². The van der Waals surface area contributed by atoms with Crippen molar-refractivity contribution in [3.63, 3.8) is 0 Å². The number of ether oxygens (including phenoxy) is 2. The fraction of sp³-hybridized carbons (Fsp3) is 0.577. The molecule has 1 unspecified atom stereocenters. The Morgan fingerprint density at radius 2 is 1.74 bits per heavy atom. The summed E-state index contributed by atoms with van der Waals surface area (Å²) < 4.78 is 11.3. The number of ketones is 1. The number of carbonyl (C=O) groups excluding carboxylic acids is 5. The van der Waals surface area contributed by atoms with Crippen LogP contribution in [-0.2, 0) is 19.1 Å². The lowest BCUT2D eigenvalue weighted by Gasteiger charge is -2.27. The van der Waals surface area contributed by atoms with Crippen LogP contribution in [0.15, 0.2) is 18.2 Å². The topological polar surface area (TPSA) is 119 Å². The van der Waals surface area contributed by atoms with Gasteiger partial charge in [0, 0.05) is 12.8 Å². The van der Waals surface area contributed by atoms with E-state index in [2.05, 4.69) is 5.32 Å². The number of carbonyl (C=O) groups is 5. The van der Waals surface area contributed by atoms with E-state index in [4.69, 9.17) is 9.47 Å². The summed E-state index contributed by atoms with van der Waals surface area (Å²) in [4.78, 5) is 62.3. The van der Waals surface area contributed by atoms with Gasteiger partial charge in [0.25, 0.3) is 11.8 Å². The minimum absolute atomic E-state index is 0.0754. The predicted octanol–water partition coefficient (Wildman–Crippen LogP) is 3.19. The number of Topliss-reactive ketones (excluding diaryl/α,β-unsaturated/α-hetero) is 1. The Hall–Kier alpha value is -3.07. The molecule has 0 aromatic heterocycles. The molecule has 190 valence electrons. The number of piperidine rings is 1. The summed E-state index contributed by atoms with van der Waals surface area (Å²) >= 11 is 0. The van der Waals surface area contributed by atoms with Crippen LogP contribution in [0.1, 0.15) is 92.9 Å². The number of amides is 4. The molecule has 0 bridgehead atoms. The van der Waals surface area contributed by atoms with Crippen molar-refractivity contribution >= 4 is 29.4 Å². The minimum Gasteiger partial charge on any atom is -0.493 e. The zero-order valence-electron chi connectivity index (χ0n) is 20.7. The molecule has 2 aliphatic heterocycles. The van der Waals surface area contributed by atoms with Gasteiger partial charge in [0.15, 0.2) is 5.78 Å². The fourth-order valence-corrected chi connectivity index (χ4v) is 4.11. The number of nitrogens with one attached hydrogen (secondary N) is 1. The number of nitrogens with zero attached hydrogens (tertiary/aromatic N) is 1. The van der Waals surface area contributed by atoms with Crippen molar-refractivity contribution in [2.75, 3.05) is 13.2 Å². The molecule has 0 saturated carbocycles.